The van der Waals surface area contributed by atoms with Gasteiger partial charge in [-0.05, 0) is 55.0 Å². The maximum Gasteiger partial charge on any atom is 0.255 e. The fourth-order valence-electron chi connectivity index (χ4n) is 3.22. The van der Waals surface area contributed by atoms with Gasteiger partial charge in [-0.2, -0.15) is 4.98 Å². The Balaban J connectivity index is 1.46. The summed E-state index contributed by atoms with van der Waals surface area (Å²) in [5.41, 5.74) is 3.52. The van der Waals surface area contributed by atoms with Crippen molar-refractivity contribution in [2.24, 2.45) is 0 Å². The molecule has 0 fully saturated rings. The predicted molar refractivity (Wildman–Crippen MR) is 122 cm³/mol. The Bertz CT molecular complexity index is 1290. The van der Waals surface area contributed by atoms with Crippen LogP contribution in [0.4, 0.5) is 26.2 Å². The van der Waals surface area contributed by atoms with E-state index in [-0.39, 0.29) is 5.56 Å². The molecule has 4 aromatic rings. The third-order valence-corrected chi connectivity index (χ3v) is 4.93. The molecule has 0 radical (unpaired) electrons. The lowest BCUT2D eigenvalue weighted by Gasteiger charge is -2.12. The minimum Gasteiger partial charge on any atom is -0.365 e. The number of carbonyl (C=O) groups is 1. The highest BCUT2D eigenvalue weighted by Crippen LogP contribution is 2.24. The van der Waals surface area contributed by atoms with E-state index in [4.69, 9.17) is 0 Å². The van der Waals surface area contributed by atoms with Crippen molar-refractivity contribution in [3.05, 3.63) is 89.0 Å². The highest BCUT2D eigenvalue weighted by atomic mass is 19.2. The molecule has 8 heteroatoms. The number of anilines is 3. The Morgan fingerprint density at radius 1 is 0.938 bits per heavy atom. The van der Waals surface area contributed by atoms with Gasteiger partial charge in [0, 0.05) is 30.2 Å². The molecule has 0 aliphatic rings. The van der Waals surface area contributed by atoms with E-state index in [1.165, 1.54) is 6.07 Å². The molecule has 3 N–H and O–H groups in total. The van der Waals surface area contributed by atoms with Gasteiger partial charge in [0.2, 0.25) is 5.95 Å². The highest BCUT2D eigenvalue weighted by Gasteiger charge is 2.11. The summed E-state index contributed by atoms with van der Waals surface area (Å²) in [5.74, 6) is -1.32. The lowest BCUT2D eigenvalue weighted by atomic mass is 10.1. The molecular weight excluding hydrogens is 412 g/mol. The number of benzene rings is 3. The fraction of sp³-hybridized carbons (Fsp3) is 0.125. The first-order chi connectivity index (χ1) is 15.4. The first kappa shape index (κ1) is 21.2. The van der Waals surface area contributed by atoms with E-state index in [0.29, 0.717) is 18.2 Å². The summed E-state index contributed by atoms with van der Waals surface area (Å²) in [5, 5.41) is 9.92. The van der Waals surface area contributed by atoms with Crippen LogP contribution in [0.2, 0.25) is 0 Å². The Morgan fingerprint density at radius 3 is 2.44 bits per heavy atom. The first-order valence-electron chi connectivity index (χ1n) is 9.98. The van der Waals surface area contributed by atoms with E-state index in [1.807, 2.05) is 37.3 Å². The van der Waals surface area contributed by atoms with Crippen LogP contribution in [-0.4, -0.2) is 22.9 Å². The van der Waals surface area contributed by atoms with Crippen molar-refractivity contribution in [1.29, 1.82) is 0 Å². The van der Waals surface area contributed by atoms with Crippen LogP contribution in [-0.2, 0) is 6.54 Å². The second-order valence-corrected chi connectivity index (χ2v) is 7.30. The highest BCUT2D eigenvalue weighted by molar-refractivity contribution is 6.04. The number of aromatic nitrogens is 2. The summed E-state index contributed by atoms with van der Waals surface area (Å²) in [6, 6.07) is 16.3. The molecule has 0 saturated heterocycles. The van der Waals surface area contributed by atoms with Gasteiger partial charge in [-0.1, -0.05) is 23.8 Å². The standard InChI is InChI=1S/C24H21F2N5O/c1-14-3-10-21-18(11-14)22(31-24(27-2)30-21)28-13-15-4-7-17(8-5-15)29-23(32)16-6-9-19(25)20(26)12-16/h3-12H,13H2,1-2H3,(H,29,32)(H2,27,28,30,31). The molecule has 32 heavy (non-hydrogen) atoms. The zero-order valence-electron chi connectivity index (χ0n) is 17.5. The number of fused-ring (bicyclic) bond motifs is 1. The maximum absolute atomic E-state index is 13.3. The van der Waals surface area contributed by atoms with Gasteiger partial charge in [0.1, 0.15) is 5.82 Å². The molecular formula is C24H21F2N5O. The summed E-state index contributed by atoms with van der Waals surface area (Å²) in [4.78, 5) is 21.3. The van der Waals surface area contributed by atoms with Crippen LogP contribution >= 0.6 is 0 Å². The normalized spacial score (nSPS) is 10.8. The second kappa shape index (κ2) is 8.97. The van der Waals surface area contributed by atoms with E-state index >= 15 is 0 Å². The summed E-state index contributed by atoms with van der Waals surface area (Å²) < 4.78 is 26.4. The fourth-order valence-corrected chi connectivity index (χ4v) is 3.22. The minimum absolute atomic E-state index is 0.0425. The van der Waals surface area contributed by atoms with E-state index in [9.17, 15) is 13.6 Å². The molecule has 1 amide bonds. The van der Waals surface area contributed by atoms with Gasteiger partial charge in [0.05, 0.1) is 5.52 Å². The van der Waals surface area contributed by atoms with Gasteiger partial charge in [-0.25, -0.2) is 13.8 Å². The van der Waals surface area contributed by atoms with E-state index in [2.05, 4.69) is 25.9 Å². The van der Waals surface area contributed by atoms with Gasteiger partial charge in [-0.15, -0.1) is 0 Å². The van der Waals surface area contributed by atoms with Crippen molar-refractivity contribution in [3.8, 4) is 0 Å². The number of halogens is 2. The molecule has 0 spiro atoms. The molecule has 0 saturated carbocycles. The van der Waals surface area contributed by atoms with Gasteiger partial charge in [0.25, 0.3) is 5.91 Å². The number of hydrogen-bond donors (Lipinski definition) is 3. The zero-order chi connectivity index (χ0) is 22.7. The molecule has 0 bridgehead atoms. The molecule has 0 aliphatic heterocycles. The molecule has 0 aliphatic carbocycles. The predicted octanol–water partition coefficient (Wildman–Crippen LogP) is 5.12. The van der Waals surface area contributed by atoms with Crippen LogP contribution in [0.15, 0.2) is 60.7 Å². The van der Waals surface area contributed by atoms with Gasteiger partial charge < -0.3 is 16.0 Å². The Labute approximate surface area is 183 Å². The van der Waals surface area contributed by atoms with Crippen LogP contribution in [0.1, 0.15) is 21.5 Å². The number of rotatable bonds is 6. The van der Waals surface area contributed by atoms with Crippen molar-refractivity contribution in [2.75, 3.05) is 23.0 Å². The summed E-state index contributed by atoms with van der Waals surface area (Å²) >= 11 is 0. The zero-order valence-corrected chi connectivity index (χ0v) is 17.5. The third kappa shape index (κ3) is 4.64. The largest absolute Gasteiger partial charge is 0.365 e. The molecule has 3 aromatic carbocycles. The Morgan fingerprint density at radius 2 is 1.72 bits per heavy atom. The Hall–Kier alpha value is -4.07. The number of nitrogens with one attached hydrogen (secondary N) is 3. The average molecular weight is 433 g/mol. The minimum atomic E-state index is -1.06. The monoisotopic (exact) mass is 433 g/mol. The number of aryl methyl sites for hydroxylation is 1. The topological polar surface area (TPSA) is 78.9 Å². The molecule has 0 atom stereocenters. The molecule has 0 unspecified atom stereocenters. The second-order valence-electron chi connectivity index (χ2n) is 7.30. The van der Waals surface area contributed by atoms with Crippen LogP contribution in [0.5, 0.6) is 0 Å². The van der Waals surface area contributed by atoms with Gasteiger partial charge in [0.15, 0.2) is 11.6 Å². The van der Waals surface area contributed by atoms with Crippen LogP contribution in [0.3, 0.4) is 0 Å². The van der Waals surface area contributed by atoms with Crippen LogP contribution in [0.25, 0.3) is 10.9 Å². The molecule has 1 heterocycles. The van der Waals surface area contributed by atoms with Gasteiger partial charge in [-0.3, -0.25) is 4.79 Å². The van der Waals surface area contributed by atoms with Crippen LogP contribution in [0, 0.1) is 18.6 Å². The van der Waals surface area contributed by atoms with Crippen LogP contribution < -0.4 is 16.0 Å². The van der Waals surface area contributed by atoms with Crippen molar-refractivity contribution < 1.29 is 13.6 Å². The van der Waals surface area contributed by atoms with Gasteiger partial charge >= 0.3 is 0 Å². The molecule has 1 aromatic heterocycles. The molecule has 6 nitrogen and oxygen atoms in total. The average Bonchev–Trinajstić information content (AvgIpc) is 2.80. The van der Waals surface area contributed by atoms with Crippen molar-refractivity contribution in [3.63, 3.8) is 0 Å². The summed E-state index contributed by atoms with van der Waals surface area (Å²) in [7, 11) is 1.77. The number of hydrogen-bond acceptors (Lipinski definition) is 5. The Kier molecular flexibility index (Phi) is 5.93. The maximum atomic E-state index is 13.3. The lowest BCUT2D eigenvalue weighted by Crippen LogP contribution is -2.12. The van der Waals surface area contributed by atoms with E-state index in [1.54, 1.807) is 19.2 Å². The third-order valence-electron chi connectivity index (χ3n) is 4.93. The van der Waals surface area contributed by atoms with Crippen molar-refractivity contribution >= 4 is 34.3 Å². The summed E-state index contributed by atoms with van der Waals surface area (Å²) in [6.07, 6.45) is 0. The number of nitrogens with zero attached hydrogens (tertiary/aromatic N) is 2. The van der Waals surface area contributed by atoms with E-state index < -0.39 is 17.5 Å². The number of carbonyl (C=O) groups excluding carboxylic acids is 1. The van der Waals surface area contributed by atoms with E-state index in [0.717, 1.165) is 40.0 Å². The lowest BCUT2D eigenvalue weighted by molar-refractivity contribution is 0.102. The SMILES string of the molecule is CNc1nc(NCc2ccc(NC(=O)c3ccc(F)c(F)c3)cc2)c2cc(C)ccc2n1. The molecule has 162 valence electrons. The first-order valence-corrected chi connectivity index (χ1v) is 9.98. The van der Waals surface area contributed by atoms with Crippen molar-refractivity contribution in [1.82, 2.24) is 9.97 Å². The molecule has 4 rings (SSSR count). The van der Waals surface area contributed by atoms with Crippen molar-refractivity contribution in [2.45, 2.75) is 13.5 Å². The summed E-state index contributed by atoms with van der Waals surface area (Å²) in [6.45, 7) is 2.53. The number of amides is 1. The quantitative estimate of drug-likeness (QED) is 0.393. The smallest absolute Gasteiger partial charge is 0.255 e.